The lowest BCUT2D eigenvalue weighted by molar-refractivity contribution is -0.133. The van der Waals surface area contributed by atoms with Gasteiger partial charge in [-0.05, 0) is 24.1 Å². The highest BCUT2D eigenvalue weighted by atomic mass is 16.2. The Morgan fingerprint density at radius 3 is 2.35 bits per heavy atom. The summed E-state index contributed by atoms with van der Waals surface area (Å²) in [6.45, 7) is 5.29. The minimum atomic E-state index is -0.0300. The van der Waals surface area contributed by atoms with Crippen LogP contribution >= 0.6 is 0 Å². The van der Waals surface area contributed by atoms with Crippen molar-refractivity contribution in [3.05, 3.63) is 60.3 Å². The summed E-state index contributed by atoms with van der Waals surface area (Å²) in [5.41, 5.74) is 1.12. The number of hydrogen-bond acceptors (Lipinski definition) is 3. The Bertz CT molecular complexity index is 622. The molecule has 0 unspecified atom stereocenters. The second-order valence-electron chi connectivity index (χ2n) is 5.87. The summed E-state index contributed by atoms with van der Waals surface area (Å²) < 4.78 is 0. The lowest BCUT2D eigenvalue weighted by atomic mass is 9.95. The van der Waals surface area contributed by atoms with Gasteiger partial charge >= 0.3 is 0 Å². The molecule has 4 nitrogen and oxygen atoms in total. The molecule has 1 amide bonds. The quantitative estimate of drug-likeness (QED) is 0.871. The van der Waals surface area contributed by atoms with Crippen molar-refractivity contribution >= 4 is 11.7 Å². The molecule has 1 saturated heterocycles. The standard InChI is InChI=1S/C19H23N3O/c1-2-17(16-8-4-3-5-9-16)19(23)22-14-12-21(13-15-22)18-10-6-7-11-20-18/h3-11,17H,2,12-15H2,1H3/t17-/m1/s1. The van der Waals surface area contributed by atoms with E-state index in [9.17, 15) is 4.79 Å². The molecule has 0 aliphatic carbocycles. The molecule has 1 aliphatic rings. The smallest absolute Gasteiger partial charge is 0.230 e. The Hall–Kier alpha value is -2.36. The molecular weight excluding hydrogens is 286 g/mol. The topological polar surface area (TPSA) is 36.4 Å². The Balaban J connectivity index is 1.64. The second kappa shape index (κ2) is 7.27. The van der Waals surface area contributed by atoms with Crippen molar-refractivity contribution in [2.75, 3.05) is 31.1 Å². The van der Waals surface area contributed by atoms with Gasteiger partial charge in [-0.25, -0.2) is 4.98 Å². The average molecular weight is 309 g/mol. The summed E-state index contributed by atoms with van der Waals surface area (Å²) in [4.78, 5) is 21.5. The van der Waals surface area contributed by atoms with Gasteiger partial charge in [0, 0.05) is 32.4 Å². The number of nitrogens with zero attached hydrogens (tertiary/aromatic N) is 3. The van der Waals surface area contributed by atoms with Crippen LogP contribution in [-0.2, 0) is 4.79 Å². The van der Waals surface area contributed by atoms with E-state index in [1.807, 2.05) is 47.5 Å². The van der Waals surface area contributed by atoms with E-state index < -0.39 is 0 Å². The van der Waals surface area contributed by atoms with Crippen LogP contribution in [-0.4, -0.2) is 42.0 Å². The Labute approximate surface area is 137 Å². The minimum absolute atomic E-state index is 0.0300. The molecular formula is C19H23N3O. The fourth-order valence-electron chi connectivity index (χ4n) is 3.16. The minimum Gasteiger partial charge on any atom is -0.353 e. The summed E-state index contributed by atoms with van der Waals surface area (Å²) in [6.07, 6.45) is 2.65. The van der Waals surface area contributed by atoms with Crippen LogP contribution in [0.2, 0.25) is 0 Å². The van der Waals surface area contributed by atoms with Crippen LogP contribution in [0.1, 0.15) is 24.8 Å². The molecule has 1 aromatic heterocycles. The van der Waals surface area contributed by atoms with Gasteiger partial charge in [-0.1, -0.05) is 43.3 Å². The van der Waals surface area contributed by atoms with E-state index in [1.54, 1.807) is 0 Å². The molecule has 3 rings (SSSR count). The van der Waals surface area contributed by atoms with Crippen molar-refractivity contribution in [1.29, 1.82) is 0 Å². The first kappa shape index (κ1) is 15.5. The third-order valence-electron chi connectivity index (χ3n) is 4.47. The third kappa shape index (κ3) is 3.52. The monoisotopic (exact) mass is 309 g/mol. The fourth-order valence-corrected chi connectivity index (χ4v) is 3.16. The molecule has 0 N–H and O–H groups in total. The predicted molar refractivity (Wildman–Crippen MR) is 92.5 cm³/mol. The number of hydrogen-bond donors (Lipinski definition) is 0. The number of aromatic nitrogens is 1. The molecule has 0 radical (unpaired) electrons. The summed E-state index contributed by atoms with van der Waals surface area (Å²) in [6, 6.07) is 16.1. The van der Waals surface area contributed by atoms with Gasteiger partial charge in [0.25, 0.3) is 0 Å². The number of benzene rings is 1. The predicted octanol–water partition coefficient (Wildman–Crippen LogP) is 2.92. The SMILES string of the molecule is CC[C@@H](C(=O)N1CCN(c2ccccn2)CC1)c1ccccc1. The molecule has 1 fully saturated rings. The fraction of sp³-hybridized carbons (Fsp3) is 0.368. The Morgan fingerprint density at radius 2 is 1.74 bits per heavy atom. The molecule has 120 valence electrons. The van der Waals surface area contributed by atoms with Crippen LogP contribution in [0.4, 0.5) is 5.82 Å². The Morgan fingerprint density at radius 1 is 1.04 bits per heavy atom. The van der Waals surface area contributed by atoms with Gasteiger partial charge in [0.05, 0.1) is 5.92 Å². The zero-order valence-electron chi connectivity index (χ0n) is 13.6. The molecule has 2 aromatic rings. The number of piperazine rings is 1. The average Bonchev–Trinajstić information content (AvgIpc) is 2.64. The number of carbonyl (C=O) groups excluding carboxylic acids is 1. The van der Waals surface area contributed by atoms with Crippen molar-refractivity contribution in [1.82, 2.24) is 9.88 Å². The second-order valence-corrected chi connectivity index (χ2v) is 5.87. The van der Waals surface area contributed by atoms with Gasteiger partial charge in [0.2, 0.25) is 5.91 Å². The zero-order chi connectivity index (χ0) is 16.1. The highest BCUT2D eigenvalue weighted by molar-refractivity contribution is 5.84. The van der Waals surface area contributed by atoms with E-state index in [-0.39, 0.29) is 11.8 Å². The highest BCUT2D eigenvalue weighted by Gasteiger charge is 2.27. The van der Waals surface area contributed by atoms with Gasteiger partial charge in [0.1, 0.15) is 5.82 Å². The van der Waals surface area contributed by atoms with Crippen LogP contribution in [0.15, 0.2) is 54.7 Å². The lowest BCUT2D eigenvalue weighted by Crippen LogP contribution is -2.50. The maximum absolute atomic E-state index is 12.9. The number of rotatable bonds is 4. The molecule has 0 spiro atoms. The van der Waals surface area contributed by atoms with E-state index in [0.717, 1.165) is 44.0 Å². The van der Waals surface area contributed by atoms with Gasteiger partial charge in [-0.3, -0.25) is 4.79 Å². The van der Waals surface area contributed by atoms with Crippen LogP contribution in [0.3, 0.4) is 0 Å². The van der Waals surface area contributed by atoms with Gasteiger partial charge in [-0.2, -0.15) is 0 Å². The highest BCUT2D eigenvalue weighted by Crippen LogP contribution is 2.23. The first-order chi connectivity index (χ1) is 11.3. The van der Waals surface area contributed by atoms with Crippen molar-refractivity contribution in [3.8, 4) is 0 Å². The van der Waals surface area contributed by atoms with Crippen molar-refractivity contribution in [2.45, 2.75) is 19.3 Å². The summed E-state index contributed by atoms with van der Waals surface area (Å²) in [5.74, 6) is 1.21. The van der Waals surface area contributed by atoms with E-state index in [2.05, 4.69) is 28.9 Å². The summed E-state index contributed by atoms with van der Waals surface area (Å²) in [5, 5.41) is 0. The van der Waals surface area contributed by atoms with Gasteiger partial charge < -0.3 is 9.80 Å². The summed E-state index contributed by atoms with van der Waals surface area (Å²) >= 11 is 0. The maximum Gasteiger partial charge on any atom is 0.230 e. The van der Waals surface area contributed by atoms with E-state index in [0.29, 0.717) is 0 Å². The lowest BCUT2D eigenvalue weighted by Gasteiger charge is -2.37. The normalized spacial score (nSPS) is 16.2. The van der Waals surface area contributed by atoms with Gasteiger partial charge in [0.15, 0.2) is 0 Å². The van der Waals surface area contributed by atoms with Gasteiger partial charge in [-0.15, -0.1) is 0 Å². The Kier molecular flexibility index (Phi) is 4.91. The van der Waals surface area contributed by atoms with Crippen LogP contribution < -0.4 is 4.90 Å². The molecule has 1 atom stereocenters. The van der Waals surface area contributed by atoms with Crippen molar-refractivity contribution in [2.24, 2.45) is 0 Å². The first-order valence-corrected chi connectivity index (χ1v) is 8.29. The number of anilines is 1. The van der Waals surface area contributed by atoms with Crippen LogP contribution in [0, 0.1) is 0 Å². The molecule has 2 heterocycles. The molecule has 1 aliphatic heterocycles. The molecule has 23 heavy (non-hydrogen) atoms. The molecule has 0 saturated carbocycles. The van der Waals surface area contributed by atoms with E-state index >= 15 is 0 Å². The first-order valence-electron chi connectivity index (χ1n) is 8.29. The van der Waals surface area contributed by atoms with Crippen LogP contribution in [0.25, 0.3) is 0 Å². The van der Waals surface area contributed by atoms with Crippen LogP contribution in [0.5, 0.6) is 0 Å². The number of pyridine rings is 1. The number of carbonyl (C=O) groups is 1. The van der Waals surface area contributed by atoms with Crippen molar-refractivity contribution < 1.29 is 4.79 Å². The summed E-state index contributed by atoms with van der Waals surface area (Å²) in [7, 11) is 0. The zero-order valence-corrected chi connectivity index (χ0v) is 13.6. The largest absolute Gasteiger partial charge is 0.353 e. The van der Waals surface area contributed by atoms with E-state index in [4.69, 9.17) is 0 Å². The molecule has 0 bridgehead atoms. The van der Waals surface area contributed by atoms with E-state index in [1.165, 1.54) is 0 Å². The van der Waals surface area contributed by atoms with Crippen molar-refractivity contribution in [3.63, 3.8) is 0 Å². The number of amides is 1. The molecule has 4 heteroatoms. The molecule has 1 aromatic carbocycles. The third-order valence-corrected chi connectivity index (χ3v) is 4.47. The maximum atomic E-state index is 12.9.